The number of para-hydroxylation sites is 1. The summed E-state index contributed by atoms with van der Waals surface area (Å²) in [5, 5.41) is 10.9. The van der Waals surface area contributed by atoms with Gasteiger partial charge in [-0.25, -0.2) is 22.0 Å². The van der Waals surface area contributed by atoms with E-state index in [9.17, 15) is 32.1 Å². The molecule has 0 unspecified atom stereocenters. The van der Waals surface area contributed by atoms with Crippen LogP contribution in [-0.2, 0) is 4.74 Å². The molecule has 0 amide bonds. The second kappa shape index (κ2) is 5.27. The van der Waals surface area contributed by atoms with Crippen molar-refractivity contribution in [2.75, 3.05) is 0 Å². The van der Waals surface area contributed by atoms with Crippen molar-refractivity contribution in [3.63, 3.8) is 0 Å². The van der Waals surface area contributed by atoms with E-state index in [0.717, 1.165) is 6.07 Å². The third-order valence-corrected chi connectivity index (χ3v) is 3.46. The minimum Gasteiger partial charge on any atom is -0.359 e. The second-order valence-corrected chi connectivity index (χ2v) is 4.78. The second-order valence-electron chi connectivity index (χ2n) is 4.78. The minimum absolute atomic E-state index is 0.00792. The van der Waals surface area contributed by atoms with Gasteiger partial charge in [-0.2, -0.15) is 0 Å². The van der Waals surface area contributed by atoms with Crippen LogP contribution >= 0.6 is 0 Å². The van der Waals surface area contributed by atoms with E-state index >= 15 is 0 Å². The zero-order valence-electron chi connectivity index (χ0n) is 11.0. The number of ether oxygens (including phenoxy) is 1. The van der Waals surface area contributed by atoms with Gasteiger partial charge in [-0.05, 0) is 6.07 Å². The summed E-state index contributed by atoms with van der Waals surface area (Å²) in [5.74, 6) is -10.5. The molecule has 0 spiro atoms. The molecule has 3 rings (SSSR count). The van der Waals surface area contributed by atoms with Crippen LogP contribution in [0, 0.1) is 39.2 Å². The summed E-state index contributed by atoms with van der Waals surface area (Å²) in [6.07, 6.45) is -2.65. The zero-order valence-corrected chi connectivity index (χ0v) is 11.0. The Morgan fingerprint density at radius 3 is 1.96 bits per heavy atom. The Balaban J connectivity index is 2.04. The lowest BCUT2D eigenvalue weighted by Gasteiger charge is -2.06. The molecule has 2 aromatic rings. The maximum atomic E-state index is 13.7. The van der Waals surface area contributed by atoms with Crippen LogP contribution in [0.4, 0.5) is 27.6 Å². The van der Waals surface area contributed by atoms with Gasteiger partial charge in [0.15, 0.2) is 23.3 Å². The molecule has 0 bridgehead atoms. The summed E-state index contributed by atoms with van der Waals surface area (Å²) in [7, 11) is 0. The van der Waals surface area contributed by atoms with Crippen LogP contribution in [0.15, 0.2) is 24.3 Å². The number of nitrogens with zero attached hydrogens (tertiary/aromatic N) is 1. The highest BCUT2D eigenvalue weighted by molar-refractivity contribution is 5.45. The molecule has 9 heteroatoms. The van der Waals surface area contributed by atoms with E-state index in [4.69, 9.17) is 4.74 Å². The SMILES string of the molecule is O=[N+]([O-])c1ccccc1[C@H]1O[C@@H]1c1c(F)c(F)c(F)c(F)c1F. The van der Waals surface area contributed by atoms with E-state index in [-0.39, 0.29) is 11.3 Å². The van der Waals surface area contributed by atoms with Crippen molar-refractivity contribution in [3.05, 3.63) is 74.6 Å². The van der Waals surface area contributed by atoms with Gasteiger partial charge in [0, 0.05) is 6.07 Å². The van der Waals surface area contributed by atoms with E-state index in [1.807, 2.05) is 0 Å². The van der Waals surface area contributed by atoms with E-state index < -0.39 is 51.8 Å². The normalized spacial score (nSPS) is 19.7. The van der Waals surface area contributed by atoms with Gasteiger partial charge >= 0.3 is 0 Å². The number of nitro benzene ring substituents is 1. The van der Waals surface area contributed by atoms with Crippen molar-refractivity contribution in [1.29, 1.82) is 0 Å². The van der Waals surface area contributed by atoms with Crippen LogP contribution < -0.4 is 0 Å². The molecule has 0 radical (unpaired) electrons. The van der Waals surface area contributed by atoms with E-state index in [1.54, 1.807) is 0 Å². The van der Waals surface area contributed by atoms with Crippen LogP contribution in [0.25, 0.3) is 0 Å². The molecule has 0 saturated carbocycles. The highest BCUT2D eigenvalue weighted by atomic mass is 19.2. The largest absolute Gasteiger partial charge is 0.359 e. The summed E-state index contributed by atoms with van der Waals surface area (Å²) in [6.45, 7) is 0. The van der Waals surface area contributed by atoms with Crippen molar-refractivity contribution in [3.8, 4) is 0 Å². The first-order valence-corrected chi connectivity index (χ1v) is 6.24. The highest BCUT2D eigenvalue weighted by Crippen LogP contribution is 2.54. The quantitative estimate of drug-likeness (QED) is 0.212. The zero-order chi connectivity index (χ0) is 16.9. The Bertz CT molecular complexity index is 797. The molecule has 1 heterocycles. The maximum Gasteiger partial charge on any atom is 0.275 e. The summed E-state index contributed by atoms with van der Waals surface area (Å²) in [6, 6.07) is 5.23. The summed E-state index contributed by atoms with van der Waals surface area (Å²) < 4.78 is 71.8. The van der Waals surface area contributed by atoms with Crippen LogP contribution in [0.2, 0.25) is 0 Å². The summed E-state index contributed by atoms with van der Waals surface area (Å²) >= 11 is 0. The molecule has 4 nitrogen and oxygen atoms in total. The summed E-state index contributed by atoms with van der Waals surface area (Å²) in [4.78, 5) is 10.2. The van der Waals surface area contributed by atoms with Crippen molar-refractivity contribution in [1.82, 2.24) is 0 Å². The third kappa shape index (κ3) is 2.33. The standard InChI is InChI=1S/C14H6F5NO3/c15-8-7(9(16)11(18)12(19)10(8)17)14-13(23-14)5-3-1-2-4-6(5)20(21)22/h1-4,13-14H/t13-,14-/m1/s1. The number of epoxide rings is 1. The minimum atomic E-state index is -2.27. The first-order valence-electron chi connectivity index (χ1n) is 6.24. The molecule has 0 aliphatic carbocycles. The number of halogens is 5. The Labute approximate surface area is 125 Å². The average Bonchev–Trinajstić information content (AvgIpc) is 3.31. The van der Waals surface area contributed by atoms with Crippen LogP contribution in [-0.4, -0.2) is 4.92 Å². The molecule has 2 atom stereocenters. The molecular formula is C14H6F5NO3. The highest BCUT2D eigenvalue weighted by Gasteiger charge is 2.49. The predicted octanol–water partition coefficient (Wildman–Crippen LogP) is 4.10. The fraction of sp³-hybridized carbons (Fsp3) is 0.143. The van der Waals surface area contributed by atoms with Gasteiger partial charge in [0.05, 0.1) is 16.1 Å². The first kappa shape index (κ1) is 15.3. The average molecular weight is 331 g/mol. The molecule has 1 saturated heterocycles. The fourth-order valence-corrected chi connectivity index (χ4v) is 2.33. The van der Waals surface area contributed by atoms with Gasteiger partial charge < -0.3 is 4.74 Å². The molecule has 0 N–H and O–H groups in total. The van der Waals surface area contributed by atoms with Gasteiger partial charge in [-0.1, -0.05) is 12.1 Å². The third-order valence-electron chi connectivity index (χ3n) is 3.46. The lowest BCUT2D eigenvalue weighted by molar-refractivity contribution is -0.385. The molecule has 2 aromatic carbocycles. The monoisotopic (exact) mass is 331 g/mol. The Hall–Kier alpha value is -2.55. The van der Waals surface area contributed by atoms with Crippen molar-refractivity contribution in [2.24, 2.45) is 0 Å². The molecular weight excluding hydrogens is 325 g/mol. The Morgan fingerprint density at radius 2 is 1.39 bits per heavy atom. The number of rotatable bonds is 3. The van der Waals surface area contributed by atoms with Gasteiger partial charge in [0.25, 0.3) is 5.69 Å². The van der Waals surface area contributed by atoms with Crippen LogP contribution in [0.5, 0.6) is 0 Å². The number of benzene rings is 2. The molecule has 23 heavy (non-hydrogen) atoms. The predicted molar refractivity (Wildman–Crippen MR) is 65.9 cm³/mol. The first-order chi connectivity index (χ1) is 10.8. The lowest BCUT2D eigenvalue weighted by atomic mass is 10.0. The molecule has 0 aromatic heterocycles. The van der Waals surface area contributed by atoms with Gasteiger partial charge in [0.1, 0.15) is 12.2 Å². The summed E-state index contributed by atoms with van der Waals surface area (Å²) in [5.41, 5.74) is -1.51. The topological polar surface area (TPSA) is 55.7 Å². The maximum absolute atomic E-state index is 13.7. The number of hydrogen-bond acceptors (Lipinski definition) is 3. The molecule has 1 aliphatic rings. The van der Waals surface area contributed by atoms with Crippen molar-refractivity contribution in [2.45, 2.75) is 12.2 Å². The lowest BCUT2D eigenvalue weighted by Crippen LogP contribution is -2.07. The Kier molecular flexibility index (Phi) is 3.52. The van der Waals surface area contributed by atoms with Crippen LogP contribution in [0.3, 0.4) is 0 Å². The van der Waals surface area contributed by atoms with Crippen LogP contribution in [0.1, 0.15) is 23.3 Å². The molecule has 1 aliphatic heterocycles. The van der Waals surface area contributed by atoms with Crippen molar-refractivity contribution < 1.29 is 31.6 Å². The van der Waals surface area contributed by atoms with E-state index in [1.165, 1.54) is 18.2 Å². The Morgan fingerprint density at radius 1 is 0.870 bits per heavy atom. The fourth-order valence-electron chi connectivity index (χ4n) is 2.33. The number of nitro groups is 1. The molecule has 1 fully saturated rings. The van der Waals surface area contributed by atoms with Crippen molar-refractivity contribution >= 4 is 5.69 Å². The molecule has 120 valence electrons. The smallest absolute Gasteiger partial charge is 0.275 e. The van der Waals surface area contributed by atoms with E-state index in [0.29, 0.717) is 0 Å². The van der Waals surface area contributed by atoms with Gasteiger partial charge in [0.2, 0.25) is 5.82 Å². The van der Waals surface area contributed by atoms with E-state index in [2.05, 4.69) is 0 Å². The van der Waals surface area contributed by atoms with Gasteiger partial charge in [-0.15, -0.1) is 0 Å². The van der Waals surface area contributed by atoms with Gasteiger partial charge in [-0.3, -0.25) is 10.1 Å². The number of hydrogen-bond donors (Lipinski definition) is 0.